The van der Waals surface area contributed by atoms with E-state index in [9.17, 15) is 0 Å². The number of rotatable bonds is 3. The molecule has 1 aliphatic rings. The topological polar surface area (TPSA) is 32.3 Å². The summed E-state index contributed by atoms with van der Waals surface area (Å²) in [6.45, 7) is 11.0. The molecule has 0 atom stereocenters. The summed E-state index contributed by atoms with van der Waals surface area (Å²) in [5, 5.41) is 0. The van der Waals surface area contributed by atoms with Crippen molar-refractivity contribution in [3.8, 4) is 0 Å². The number of aromatic nitrogens is 2. The quantitative estimate of drug-likeness (QED) is 0.739. The van der Waals surface area contributed by atoms with Gasteiger partial charge in [0.25, 0.3) is 0 Å². The molecule has 0 bridgehead atoms. The molecule has 2 rings (SSSR count). The fourth-order valence-corrected chi connectivity index (χ4v) is 2.11. The lowest BCUT2D eigenvalue weighted by Gasteiger charge is -2.21. The molecule has 1 aromatic heterocycles. The van der Waals surface area contributed by atoms with Crippen LogP contribution in [0.25, 0.3) is 0 Å². The van der Waals surface area contributed by atoms with Crippen LogP contribution >= 0.6 is 0 Å². The van der Waals surface area contributed by atoms with Crippen LogP contribution in [0.4, 0.5) is 5.82 Å². The molecule has 0 N–H and O–H groups in total. The third-order valence-corrected chi connectivity index (χ3v) is 3.07. The second-order valence-corrected chi connectivity index (χ2v) is 4.45. The van der Waals surface area contributed by atoms with Gasteiger partial charge in [-0.05, 0) is 13.3 Å². The predicted molar refractivity (Wildman–Crippen MR) is 70.2 cm³/mol. The molecule has 0 unspecified atom stereocenters. The average Bonchev–Trinajstić information content (AvgIpc) is 2.56. The van der Waals surface area contributed by atoms with Gasteiger partial charge in [-0.25, -0.2) is 4.98 Å². The van der Waals surface area contributed by atoms with Crippen LogP contribution in [0.5, 0.6) is 0 Å². The molecule has 0 radical (unpaired) electrons. The molecule has 0 aromatic carbocycles. The van der Waals surface area contributed by atoms with E-state index < -0.39 is 0 Å². The van der Waals surface area contributed by atoms with Crippen molar-refractivity contribution < 1.29 is 0 Å². The minimum absolute atomic E-state index is 0.969. The predicted octanol–water partition coefficient (Wildman–Crippen LogP) is 1.48. The van der Waals surface area contributed by atoms with Gasteiger partial charge in [0.05, 0.1) is 18.1 Å². The zero-order valence-corrected chi connectivity index (χ0v) is 10.5. The Morgan fingerprint density at radius 2 is 2.12 bits per heavy atom. The molecule has 0 saturated carbocycles. The minimum Gasteiger partial charge on any atom is -0.354 e. The number of anilines is 1. The normalized spacial score (nSPS) is 17.8. The molecule has 17 heavy (non-hydrogen) atoms. The molecule has 1 fully saturated rings. The molecule has 2 heterocycles. The van der Waals surface area contributed by atoms with Gasteiger partial charge in [0.2, 0.25) is 0 Å². The van der Waals surface area contributed by atoms with E-state index in [-0.39, 0.29) is 0 Å². The Labute approximate surface area is 103 Å². The largest absolute Gasteiger partial charge is 0.354 e. The summed E-state index contributed by atoms with van der Waals surface area (Å²) in [4.78, 5) is 13.5. The minimum atomic E-state index is 0.969. The summed E-state index contributed by atoms with van der Waals surface area (Å²) < 4.78 is 0. The second kappa shape index (κ2) is 5.77. The van der Waals surface area contributed by atoms with Crippen LogP contribution in [0, 0.1) is 6.92 Å². The summed E-state index contributed by atoms with van der Waals surface area (Å²) in [6, 6.07) is 0. The maximum absolute atomic E-state index is 4.44. The highest BCUT2D eigenvalue weighted by Gasteiger charge is 2.14. The fraction of sp³-hybridized carbons (Fsp3) is 0.538. The van der Waals surface area contributed by atoms with Crippen molar-refractivity contribution in [2.24, 2.45) is 0 Å². The molecule has 0 amide bonds. The highest BCUT2D eigenvalue weighted by molar-refractivity contribution is 5.35. The van der Waals surface area contributed by atoms with Crippen molar-refractivity contribution in [1.82, 2.24) is 14.9 Å². The number of nitrogens with zero attached hydrogens (tertiary/aromatic N) is 4. The lowest BCUT2D eigenvalue weighted by atomic mass is 10.4. The lowest BCUT2D eigenvalue weighted by molar-refractivity contribution is 0.325. The van der Waals surface area contributed by atoms with Crippen molar-refractivity contribution in [2.45, 2.75) is 13.3 Å². The first-order chi connectivity index (χ1) is 8.29. The summed E-state index contributed by atoms with van der Waals surface area (Å²) in [7, 11) is 0. The van der Waals surface area contributed by atoms with Crippen molar-refractivity contribution in [1.29, 1.82) is 0 Å². The summed E-state index contributed by atoms with van der Waals surface area (Å²) in [5.41, 5.74) is 0.969. The van der Waals surface area contributed by atoms with Crippen LogP contribution < -0.4 is 4.90 Å². The van der Waals surface area contributed by atoms with Gasteiger partial charge in [0.1, 0.15) is 5.82 Å². The first-order valence-electron chi connectivity index (χ1n) is 6.16. The van der Waals surface area contributed by atoms with Crippen LogP contribution in [0.3, 0.4) is 0 Å². The van der Waals surface area contributed by atoms with Gasteiger partial charge in [-0.15, -0.1) is 6.58 Å². The zero-order chi connectivity index (χ0) is 12.1. The maximum Gasteiger partial charge on any atom is 0.147 e. The molecule has 92 valence electrons. The molecular weight excluding hydrogens is 212 g/mol. The first-order valence-corrected chi connectivity index (χ1v) is 6.16. The SMILES string of the molecule is C=CCN1CCCN(c2cnc(C)cn2)CC1. The van der Waals surface area contributed by atoms with Crippen molar-refractivity contribution in [2.75, 3.05) is 37.6 Å². The highest BCUT2D eigenvalue weighted by atomic mass is 15.2. The standard InChI is InChI=1S/C13H20N4/c1-3-5-16-6-4-7-17(9-8-16)13-11-14-12(2)10-15-13/h3,10-11H,1,4-9H2,2H3. The third-order valence-electron chi connectivity index (χ3n) is 3.07. The average molecular weight is 232 g/mol. The Balaban J connectivity index is 1.98. The number of hydrogen-bond acceptors (Lipinski definition) is 4. The Bertz CT molecular complexity index is 360. The lowest BCUT2D eigenvalue weighted by Crippen LogP contribution is -2.31. The molecule has 0 aliphatic carbocycles. The van der Waals surface area contributed by atoms with E-state index in [1.54, 1.807) is 0 Å². The van der Waals surface area contributed by atoms with Gasteiger partial charge in [-0.1, -0.05) is 6.08 Å². The van der Waals surface area contributed by atoms with Gasteiger partial charge in [0.15, 0.2) is 0 Å². The monoisotopic (exact) mass is 232 g/mol. The van der Waals surface area contributed by atoms with E-state index in [1.807, 2.05) is 25.4 Å². The van der Waals surface area contributed by atoms with Crippen LogP contribution in [0.2, 0.25) is 0 Å². The summed E-state index contributed by atoms with van der Waals surface area (Å²) in [6.07, 6.45) is 6.85. The van der Waals surface area contributed by atoms with E-state index in [1.165, 1.54) is 6.42 Å². The first kappa shape index (κ1) is 12.0. The number of aryl methyl sites for hydroxylation is 1. The van der Waals surface area contributed by atoms with Crippen LogP contribution in [0.1, 0.15) is 12.1 Å². The smallest absolute Gasteiger partial charge is 0.147 e. The van der Waals surface area contributed by atoms with Gasteiger partial charge in [-0.3, -0.25) is 9.88 Å². The second-order valence-electron chi connectivity index (χ2n) is 4.45. The molecule has 0 spiro atoms. The van der Waals surface area contributed by atoms with Gasteiger partial charge in [0, 0.05) is 32.7 Å². The molecule has 1 saturated heterocycles. The summed E-state index contributed by atoms with van der Waals surface area (Å²) in [5.74, 6) is 0.996. The van der Waals surface area contributed by atoms with Gasteiger partial charge >= 0.3 is 0 Å². The Hall–Kier alpha value is -1.42. The molecule has 4 heteroatoms. The molecule has 1 aromatic rings. The zero-order valence-electron chi connectivity index (χ0n) is 10.5. The van der Waals surface area contributed by atoms with E-state index in [0.29, 0.717) is 0 Å². The van der Waals surface area contributed by atoms with E-state index >= 15 is 0 Å². The fourth-order valence-electron chi connectivity index (χ4n) is 2.11. The van der Waals surface area contributed by atoms with E-state index in [0.717, 1.165) is 44.2 Å². The third kappa shape index (κ3) is 3.27. The van der Waals surface area contributed by atoms with Crippen LogP contribution in [0.15, 0.2) is 25.0 Å². The highest BCUT2D eigenvalue weighted by Crippen LogP contribution is 2.12. The Morgan fingerprint density at radius 3 is 2.82 bits per heavy atom. The number of hydrogen-bond donors (Lipinski definition) is 0. The van der Waals surface area contributed by atoms with Crippen molar-refractivity contribution in [3.05, 3.63) is 30.7 Å². The summed E-state index contributed by atoms with van der Waals surface area (Å²) >= 11 is 0. The van der Waals surface area contributed by atoms with Gasteiger partial charge in [-0.2, -0.15) is 0 Å². The van der Waals surface area contributed by atoms with Crippen LogP contribution in [-0.2, 0) is 0 Å². The van der Waals surface area contributed by atoms with E-state index in [2.05, 4.69) is 26.3 Å². The molecule has 4 nitrogen and oxygen atoms in total. The van der Waals surface area contributed by atoms with Crippen LogP contribution in [-0.4, -0.2) is 47.6 Å². The van der Waals surface area contributed by atoms with Crippen molar-refractivity contribution in [3.63, 3.8) is 0 Å². The Morgan fingerprint density at radius 1 is 1.24 bits per heavy atom. The van der Waals surface area contributed by atoms with Crippen molar-refractivity contribution >= 4 is 5.82 Å². The molecular formula is C13H20N4. The van der Waals surface area contributed by atoms with E-state index in [4.69, 9.17) is 0 Å². The van der Waals surface area contributed by atoms with Gasteiger partial charge < -0.3 is 4.90 Å². The maximum atomic E-state index is 4.44. The molecule has 1 aliphatic heterocycles. The Kier molecular flexibility index (Phi) is 4.09.